The van der Waals surface area contributed by atoms with E-state index in [4.69, 9.17) is 23.2 Å². The van der Waals surface area contributed by atoms with Crippen molar-refractivity contribution in [3.8, 4) is 28.3 Å². The summed E-state index contributed by atoms with van der Waals surface area (Å²) in [5.41, 5.74) is 2.18. The van der Waals surface area contributed by atoms with Gasteiger partial charge >= 0.3 is 5.97 Å². The molecule has 0 aliphatic heterocycles. The number of carboxylic acid groups (broad SMARTS) is 1. The van der Waals surface area contributed by atoms with Gasteiger partial charge in [0.2, 0.25) is 0 Å². The lowest BCUT2D eigenvalue weighted by molar-refractivity contribution is 0.0692. The molecule has 1 N–H and O–H groups in total. The monoisotopic (exact) mass is 440 g/mol. The van der Waals surface area contributed by atoms with Gasteiger partial charge in [-0.1, -0.05) is 65.2 Å². The van der Waals surface area contributed by atoms with Gasteiger partial charge in [-0.3, -0.25) is 4.57 Å². The first-order valence-corrected chi connectivity index (χ1v) is 9.76. The molecule has 0 bridgehead atoms. The molecular weight excluding hydrogens is 426 g/mol. The van der Waals surface area contributed by atoms with E-state index < -0.39 is 11.8 Å². The number of aromatic nitrogens is 2. The molecule has 1 aromatic heterocycles. The lowest BCUT2D eigenvalue weighted by atomic mass is 10.1. The second-order valence-corrected chi connectivity index (χ2v) is 7.57. The fraction of sp³-hybridized carbons (Fsp3) is 0.0435. The minimum absolute atomic E-state index is 0.0784. The third kappa shape index (κ3) is 3.58. The van der Waals surface area contributed by atoms with Gasteiger partial charge in [-0.05, 0) is 37.3 Å². The van der Waals surface area contributed by atoms with Gasteiger partial charge in [-0.2, -0.15) is 0 Å². The molecule has 7 heteroatoms. The average molecular weight is 441 g/mol. The number of aryl methyl sites for hydroxylation is 1. The second kappa shape index (κ2) is 7.94. The molecule has 3 aromatic carbocycles. The first-order chi connectivity index (χ1) is 14.4. The highest BCUT2D eigenvalue weighted by Crippen LogP contribution is 2.36. The number of hydrogen-bond acceptors (Lipinski definition) is 2. The highest BCUT2D eigenvalue weighted by Gasteiger charge is 2.27. The zero-order valence-corrected chi connectivity index (χ0v) is 17.2. The van der Waals surface area contributed by atoms with Crippen LogP contribution in [0.25, 0.3) is 28.3 Å². The summed E-state index contributed by atoms with van der Waals surface area (Å²) < 4.78 is 16.6. The minimum atomic E-state index is -1.24. The van der Waals surface area contributed by atoms with E-state index in [2.05, 4.69) is 4.98 Å². The molecule has 0 aliphatic rings. The normalized spacial score (nSPS) is 10.9. The van der Waals surface area contributed by atoms with Crippen molar-refractivity contribution in [2.75, 3.05) is 0 Å². The van der Waals surface area contributed by atoms with Crippen molar-refractivity contribution in [1.29, 1.82) is 0 Å². The summed E-state index contributed by atoms with van der Waals surface area (Å²) >= 11 is 12.2. The molecule has 0 saturated carbocycles. The Morgan fingerprint density at radius 2 is 1.70 bits per heavy atom. The molecule has 30 heavy (non-hydrogen) atoms. The van der Waals surface area contributed by atoms with Crippen molar-refractivity contribution in [2.24, 2.45) is 0 Å². The van der Waals surface area contributed by atoms with Crippen LogP contribution < -0.4 is 0 Å². The fourth-order valence-electron chi connectivity index (χ4n) is 3.35. The molecule has 1 heterocycles. The summed E-state index contributed by atoms with van der Waals surface area (Å²) in [6, 6.07) is 18.6. The SMILES string of the molecule is Cc1cccc(-c2nc(C(=O)O)c(-c3cccc(Cl)c3)n2-c2cccc(Cl)c2F)c1. The molecule has 0 fully saturated rings. The third-order valence-corrected chi connectivity index (χ3v) is 5.15. The topological polar surface area (TPSA) is 55.1 Å². The fourth-order valence-corrected chi connectivity index (χ4v) is 3.71. The number of aromatic carboxylic acids is 1. The van der Waals surface area contributed by atoms with Crippen molar-refractivity contribution >= 4 is 29.2 Å². The van der Waals surface area contributed by atoms with E-state index in [1.165, 1.54) is 16.7 Å². The van der Waals surface area contributed by atoms with Crippen LogP contribution in [0, 0.1) is 12.7 Å². The molecule has 0 spiro atoms. The van der Waals surface area contributed by atoms with Crippen LogP contribution in [-0.2, 0) is 0 Å². The molecule has 0 unspecified atom stereocenters. The standard InChI is InChI=1S/C23H15Cl2FN2O2/c1-13-5-2-7-15(11-13)22-27-20(23(29)30)21(14-6-3-8-16(24)12-14)28(22)18-10-4-9-17(25)19(18)26/h2-12H,1H3,(H,29,30). The van der Waals surface area contributed by atoms with Crippen molar-refractivity contribution in [1.82, 2.24) is 9.55 Å². The molecule has 0 aliphatic carbocycles. The molecular formula is C23H15Cl2FN2O2. The maximum Gasteiger partial charge on any atom is 0.356 e. The Morgan fingerprint density at radius 1 is 1.00 bits per heavy atom. The van der Waals surface area contributed by atoms with Gasteiger partial charge in [0.1, 0.15) is 5.82 Å². The van der Waals surface area contributed by atoms with E-state index in [0.29, 0.717) is 16.1 Å². The molecule has 0 saturated heterocycles. The van der Waals surface area contributed by atoms with Crippen LogP contribution in [0.2, 0.25) is 10.0 Å². The lowest BCUT2D eigenvalue weighted by Gasteiger charge is -2.15. The summed E-state index contributed by atoms with van der Waals surface area (Å²) in [6.07, 6.45) is 0. The van der Waals surface area contributed by atoms with Crippen molar-refractivity contribution < 1.29 is 14.3 Å². The number of hydrogen-bond donors (Lipinski definition) is 1. The summed E-state index contributed by atoms with van der Waals surface area (Å²) in [6.45, 7) is 1.91. The summed E-state index contributed by atoms with van der Waals surface area (Å²) in [5.74, 6) is -1.63. The minimum Gasteiger partial charge on any atom is -0.476 e. The number of benzene rings is 3. The van der Waals surface area contributed by atoms with Gasteiger partial charge in [0.15, 0.2) is 11.5 Å². The van der Waals surface area contributed by atoms with Crippen molar-refractivity contribution in [3.05, 3.63) is 93.8 Å². The zero-order chi connectivity index (χ0) is 21.4. The van der Waals surface area contributed by atoms with Crippen LogP contribution >= 0.6 is 23.2 Å². The molecule has 4 rings (SSSR count). The highest BCUT2D eigenvalue weighted by molar-refractivity contribution is 6.31. The second-order valence-electron chi connectivity index (χ2n) is 6.73. The summed E-state index contributed by atoms with van der Waals surface area (Å²) in [4.78, 5) is 16.5. The van der Waals surface area contributed by atoms with Gasteiger partial charge in [0.05, 0.1) is 16.4 Å². The number of carboxylic acids is 1. The molecule has 0 radical (unpaired) electrons. The average Bonchev–Trinajstić information content (AvgIpc) is 3.11. The van der Waals surface area contributed by atoms with E-state index in [0.717, 1.165) is 5.56 Å². The van der Waals surface area contributed by atoms with Crippen molar-refractivity contribution in [3.63, 3.8) is 0 Å². The Hall–Kier alpha value is -3.15. The Balaban J connectivity index is 2.16. The van der Waals surface area contributed by atoms with Crippen LogP contribution in [0.1, 0.15) is 16.1 Å². The number of rotatable bonds is 4. The van der Waals surface area contributed by atoms with Crippen LogP contribution in [0.15, 0.2) is 66.7 Å². The van der Waals surface area contributed by atoms with Crippen LogP contribution in [0.5, 0.6) is 0 Å². The lowest BCUT2D eigenvalue weighted by Crippen LogP contribution is -2.05. The van der Waals surface area contributed by atoms with Gasteiger partial charge < -0.3 is 5.11 Å². The van der Waals surface area contributed by atoms with Gasteiger partial charge in [0, 0.05) is 16.1 Å². The Morgan fingerprint density at radius 3 is 2.40 bits per heavy atom. The third-order valence-electron chi connectivity index (χ3n) is 4.63. The molecule has 0 amide bonds. The smallest absolute Gasteiger partial charge is 0.356 e. The number of imidazole rings is 1. The Kier molecular flexibility index (Phi) is 5.33. The van der Waals surface area contributed by atoms with E-state index in [1.54, 1.807) is 36.4 Å². The molecule has 4 aromatic rings. The van der Waals surface area contributed by atoms with E-state index in [-0.39, 0.29) is 27.9 Å². The predicted molar refractivity (Wildman–Crippen MR) is 116 cm³/mol. The number of carbonyl (C=O) groups is 1. The number of nitrogens with zero attached hydrogens (tertiary/aromatic N) is 2. The predicted octanol–water partition coefficient (Wildman–Crippen LogP) is 6.66. The maximum absolute atomic E-state index is 15.1. The van der Waals surface area contributed by atoms with Crippen molar-refractivity contribution in [2.45, 2.75) is 6.92 Å². The first-order valence-electron chi connectivity index (χ1n) is 9.00. The Labute approximate surface area is 182 Å². The highest BCUT2D eigenvalue weighted by atomic mass is 35.5. The molecule has 0 atom stereocenters. The van der Waals surface area contributed by atoms with Gasteiger partial charge in [-0.25, -0.2) is 14.2 Å². The van der Waals surface area contributed by atoms with E-state index >= 15 is 4.39 Å². The largest absolute Gasteiger partial charge is 0.476 e. The van der Waals surface area contributed by atoms with E-state index in [9.17, 15) is 9.90 Å². The first kappa shape index (κ1) is 20.1. The molecule has 150 valence electrons. The molecule has 4 nitrogen and oxygen atoms in total. The van der Waals surface area contributed by atoms with E-state index in [1.807, 2.05) is 25.1 Å². The maximum atomic E-state index is 15.1. The van der Waals surface area contributed by atoms with Crippen LogP contribution in [0.3, 0.4) is 0 Å². The Bertz CT molecular complexity index is 1280. The van der Waals surface area contributed by atoms with Gasteiger partial charge in [0.25, 0.3) is 0 Å². The quantitative estimate of drug-likeness (QED) is 0.385. The van der Waals surface area contributed by atoms with Gasteiger partial charge in [-0.15, -0.1) is 0 Å². The van der Waals surface area contributed by atoms with Crippen LogP contribution in [0.4, 0.5) is 4.39 Å². The summed E-state index contributed by atoms with van der Waals surface area (Å²) in [5, 5.41) is 10.2. The summed E-state index contributed by atoms with van der Waals surface area (Å²) in [7, 11) is 0. The number of halogens is 3. The zero-order valence-electron chi connectivity index (χ0n) is 15.7. The van der Waals surface area contributed by atoms with Crippen LogP contribution in [-0.4, -0.2) is 20.6 Å².